The minimum Gasteiger partial charge on any atom is -0.481 e. The van der Waals surface area contributed by atoms with Crippen molar-refractivity contribution in [2.24, 2.45) is 0 Å². The van der Waals surface area contributed by atoms with E-state index < -0.39 is 11.9 Å². The van der Waals surface area contributed by atoms with Crippen LogP contribution in [-0.4, -0.2) is 38.5 Å². The second-order valence-electron chi connectivity index (χ2n) is 8.11. The zero-order chi connectivity index (χ0) is 24.4. The number of halogens is 1. The third kappa shape index (κ3) is 5.15. The van der Waals surface area contributed by atoms with Crippen molar-refractivity contribution in [3.63, 3.8) is 0 Å². The molecular formula is C24H23ClN2O6S. The molecule has 4 rings (SSSR count). The van der Waals surface area contributed by atoms with Gasteiger partial charge >= 0.3 is 11.9 Å². The number of fused-ring (bicyclic) bond motifs is 1. The summed E-state index contributed by atoms with van der Waals surface area (Å²) >= 11 is 7.72. The smallest absolute Gasteiger partial charge is 0.355 e. The molecule has 34 heavy (non-hydrogen) atoms. The van der Waals surface area contributed by atoms with Gasteiger partial charge in [0.1, 0.15) is 10.9 Å². The summed E-state index contributed by atoms with van der Waals surface area (Å²) in [6.45, 7) is 4.24. The molecule has 0 saturated heterocycles. The van der Waals surface area contributed by atoms with Crippen LogP contribution in [0.4, 0.5) is 0 Å². The summed E-state index contributed by atoms with van der Waals surface area (Å²) in [6, 6.07) is 10.8. The second kappa shape index (κ2) is 9.99. The Bertz CT molecular complexity index is 1240. The number of carbonyl (C=O) groups is 2. The average Bonchev–Trinajstić information content (AvgIpc) is 3.37. The summed E-state index contributed by atoms with van der Waals surface area (Å²) in [7, 11) is 0. The molecule has 0 aliphatic carbocycles. The molecule has 1 aromatic heterocycles. The molecule has 0 fully saturated rings. The number of imidazole rings is 1. The number of hydrogen-bond donors (Lipinski definition) is 2. The summed E-state index contributed by atoms with van der Waals surface area (Å²) in [6.07, 6.45) is 0.489. The van der Waals surface area contributed by atoms with Gasteiger partial charge in [0.25, 0.3) is 0 Å². The van der Waals surface area contributed by atoms with E-state index in [0.29, 0.717) is 39.4 Å². The fourth-order valence-corrected chi connectivity index (χ4v) is 4.81. The van der Waals surface area contributed by atoms with E-state index in [1.165, 1.54) is 11.8 Å². The molecule has 1 aliphatic rings. The highest BCUT2D eigenvalue weighted by molar-refractivity contribution is 7.99. The van der Waals surface area contributed by atoms with Gasteiger partial charge in [0, 0.05) is 28.3 Å². The lowest BCUT2D eigenvalue weighted by Crippen LogP contribution is -2.14. The number of ether oxygens (including phenoxy) is 2. The van der Waals surface area contributed by atoms with E-state index >= 15 is 0 Å². The van der Waals surface area contributed by atoms with Crippen molar-refractivity contribution in [3.8, 4) is 11.5 Å². The number of rotatable bonds is 9. The van der Waals surface area contributed by atoms with Crippen LogP contribution in [0, 0.1) is 0 Å². The predicted molar refractivity (Wildman–Crippen MR) is 126 cm³/mol. The predicted octanol–water partition coefficient (Wildman–Crippen LogP) is 5.30. The molecule has 2 heterocycles. The number of nitrogens with zero attached hydrogens (tertiary/aromatic N) is 2. The molecule has 8 nitrogen and oxygen atoms in total. The highest BCUT2D eigenvalue weighted by Gasteiger charge is 2.26. The van der Waals surface area contributed by atoms with Gasteiger partial charge in [-0.3, -0.25) is 4.79 Å². The van der Waals surface area contributed by atoms with Crippen molar-refractivity contribution in [2.75, 3.05) is 6.79 Å². The Balaban J connectivity index is 1.66. The van der Waals surface area contributed by atoms with Gasteiger partial charge in [-0.15, -0.1) is 0 Å². The zero-order valence-electron chi connectivity index (χ0n) is 18.6. The second-order valence-corrected chi connectivity index (χ2v) is 9.58. The van der Waals surface area contributed by atoms with Crippen molar-refractivity contribution < 1.29 is 29.3 Å². The number of aliphatic carboxylic acids is 1. The van der Waals surface area contributed by atoms with Crippen LogP contribution in [0.2, 0.25) is 5.02 Å². The van der Waals surface area contributed by atoms with Gasteiger partial charge in [-0.1, -0.05) is 49.3 Å². The summed E-state index contributed by atoms with van der Waals surface area (Å²) in [5, 5.41) is 19.8. The van der Waals surface area contributed by atoms with Gasteiger partial charge in [-0.2, -0.15) is 0 Å². The molecule has 178 valence electrons. The van der Waals surface area contributed by atoms with Crippen LogP contribution in [0.25, 0.3) is 0 Å². The Morgan fingerprint density at radius 2 is 1.82 bits per heavy atom. The fourth-order valence-electron chi connectivity index (χ4n) is 3.66. The van der Waals surface area contributed by atoms with Crippen LogP contribution in [-0.2, 0) is 17.8 Å². The molecule has 0 radical (unpaired) electrons. The van der Waals surface area contributed by atoms with E-state index in [1.54, 1.807) is 16.7 Å². The molecule has 2 aromatic carbocycles. The minimum absolute atomic E-state index is 0.0290. The molecule has 0 atom stereocenters. The van der Waals surface area contributed by atoms with Crippen molar-refractivity contribution in [3.05, 3.63) is 64.1 Å². The monoisotopic (exact) mass is 502 g/mol. The van der Waals surface area contributed by atoms with E-state index in [4.69, 9.17) is 26.2 Å². The highest BCUT2D eigenvalue weighted by Crippen LogP contribution is 2.38. The molecule has 3 aromatic rings. The number of hydrogen-bond acceptors (Lipinski definition) is 6. The van der Waals surface area contributed by atoms with Gasteiger partial charge < -0.3 is 24.3 Å². The van der Waals surface area contributed by atoms with Gasteiger partial charge in [0.05, 0.1) is 6.54 Å². The van der Waals surface area contributed by atoms with Crippen molar-refractivity contribution in [2.45, 2.75) is 49.1 Å². The van der Waals surface area contributed by atoms with Crippen molar-refractivity contribution >= 4 is 35.3 Å². The third-order valence-corrected chi connectivity index (χ3v) is 6.66. The highest BCUT2D eigenvalue weighted by atomic mass is 35.5. The molecule has 0 spiro atoms. The van der Waals surface area contributed by atoms with Crippen LogP contribution in [0.5, 0.6) is 11.5 Å². The fraction of sp³-hybridized carbons (Fsp3) is 0.292. The summed E-state index contributed by atoms with van der Waals surface area (Å²) in [5.74, 6) is -0.203. The molecular weight excluding hydrogens is 480 g/mol. The van der Waals surface area contributed by atoms with Gasteiger partial charge in [0.2, 0.25) is 6.79 Å². The summed E-state index contributed by atoms with van der Waals surface area (Å²) in [4.78, 5) is 28.6. The molecule has 2 N–H and O–H groups in total. The molecule has 0 unspecified atom stereocenters. The maximum Gasteiger partial charge on any atom is 0.355 e. The van der Waals surface area contributed by atoms with Crippen LogP contribution >= 0.6 is 23.4 Å². The van der Waals surface area contributed by atoms with Crippen molar-refractivity contribution in [1.82, 2.24) is 9.55 Å². The standard InChI is InChI=1S/C24H23ClN2O6S/c1-13(2)22-26-23(34-16-6-3-14(4-7-16)5-8-20(28)29)21(24(30)31)27(22)11-15-9-18-19(10-17(15)25)33-12-32-18/h3-4,6-7,9-10,13H,5,8,11-12H2,1-2H3,(H,28,29)(H,30,31). The Hall–Kier alpha value is -3.17. The minimum atomic E-state index is -1.09. The Morgan fingerprint density at radius 3 is 2.44 bits per heavy atom. The van der Waals surface area contributed by atoms with Crippen LogP contribution in [0.3, 0.4) is 0 Å². The van der Waals surface area contributed by atoms with Crippen LogP contribution in [0.15, 0.2) is 46.3 Å². The average molecular weight is 503 g/mol. The first-order chi connectivity index (χ1) is 16.2. The van der Waals surface area contributed by atoms with E-state index in [-0.39, 0.29) is 31.4 Å². The van der Waals surface area contributed by atoms with Gasteiger partial charge in [-0.05, 0) is 35.7 Å². The third-order valence-electron chi connectivity index (χ3n) is 5.32. The van der Waals surface area contributed by atoms with E-state index in [1.807, 2.05) is 38.1 Å². The first-order valence-corrected chi connectivity index (χ1v) is 11.8. The van der Waals surface area contributed by atoms with Crippen molar-refractivity contribution in [1.29, 1.82) is 0 Å². The van der Waals surface area contributed by atoms with Crippen LogP contribution in [0.1, 0.15) is 53.6 Å². The summed E-state index contributed by atoms with van der Waals surface area (Å²) in [5.41, 5.74) is 1.68. The first kappa shape index (κ1) is 24.0. The van der Waals surface area contributed by atoms with E-state index in [0.717, 1.165) is 10.5 Å². The lowest BCUT2D eigenvalue weighted by Gasteiger charge is -2.14. The molecule has 1 aliphatic heterocycles. The van der Waals surface area contributed by atoms with Gasteiger partial charge in [-0.25, -0.2) is 9.78 Å². The molecule has 10 heteroatoms. The number of aryl methyl sites for hydroxylation is 1. The lowest BCUT2D eigenvalue weighted by molar-refractivity contribution is -0.136. The molecule has 0 amide bonds. The quantitative estimate of drug-likeness (QED) is 0.405. The Labute approximate surface area is 205 Å². The first-order valence-electron chi connectivity index (χ1n) is 10.6. The SMILES string of the molecule is CC(C)c1nc(Sc2ccc(CCC(=O)O)cc2)c(C(=O)O)n1Cc1cc2c(cc1Cl)OCO2. The van der Waals surface area contributed by atoms with Crippen LogP contribution < -0.4 is 9.47 Å². The van der Waals surface area contributed by atoms with E-state index in [9.17, 15) is 14.7 Å². The largest absolute Gasteiger partial charge is 0.481 e. The zero-order valence-corrected chi connectivity index (χ0v) is 20.2. The molecule has 0 bridgehead atoms. The summed E-state index contributed by atoms with van der Waals surface area (Å²) < 4.78 is 12.5. The van der Waals surface area contributed by atoms with Gasteiger partial charge in [0.15, 0.2) is 17.2 Å². The number of aromatic carboxylic acids is 1. The molecule has 0 saturated carbocycles. The Morgan fingerprint density at radius 1 is 1.15 bits per heavy atom. The Kier molecular flexibility index (Phi) is 7.04. The number of aromatic nitrogens is 2. The maximum atomic E-state index is 12.3. The topological polar surface area (TPSA) is 111 Å². The number of carboxylic acid groups (broad SMARTS) is 2. The maximum absolute atomic E-state index is 12.3. The number of benzene rings is 2. The number of carboxylic acids is 2. The lowest BCUT2D eigenvalue weighted by atomic mass is 10.1. The normalized spacial score (nSPS) is 12.4. The van der Waals surface area contributed by atoms with E-state index in [2.05, 4.69) is 4.98 Å².